The van der Waals surface area contributed by atoms with E-state index >= 15 is 0 Å². The third-order valence-electron chi connectivity index (χ3n) is 4.89. The summed E-state index contributed by atoms with van der Waals surface area (Å²) in [4.78, 5) is 15.5. The van der Waals surface area contributed by atoms with Gasteiger partial charge in [0, 0.05) is 24.3 Å². The number of hydrogen-bond donors (Lipinski definition) is 3. The molecule has 0 saturated carbocycles. The first kappa shape index (κ1) is 18.7. The maximum Gasteiger partial charge on any atom is 0.234 e. The van der Waals surface area contributed by atoms with Crippen LogP contribution in [-0.4, -0.2) is 27.3 Å². The highest BCUT2D eigenvalue weighted by atomic mass is 15.3. The van der Waals surface area contributed by atoms with Crippen LogP contribution in [0.25, 0.3) is 0 Å². The van der Waals surface area contributed by atoms with Crippen LogP contribution in [0.2, 0.25) is 0 Å². The van der Waals surface area contributed by atoms with Crippen molar-refractivity contribution in [2.24, 2.45) is 16.7 Å². The average molecular weight is 388 g/mol. The van der Waals surface area contributed by atoms with Gasteiger partial charge >= 0.3 is 0 Å². The molecule has 0 aliphatic carbocycles. The largest absolute Gasteiger partial charge is 0.385 e. The van der Waals surface area contributed by atoms with Gasteiger partial charge in [0.05, 0.1) is 0 Å². The summed E-state index contributed by atoms with van der Waals surface area (Å²) in [6.45, 7) is 3.00. The quantitative estimate of drug-likeness (QED) is 0.266. The van der Waals surface area contributed by atoms with Crippen LogP contribution in [0.1, 0.15) is 23.1 Å². The van der Waals surface area contributed by atoms with Gasteiger partial charge in [-0.3, -0.25) is 0 Å². The molecule has 8 heteroatoms. The third-order valence-corrected chi connectivity index (χ3v) is 4.89. The van der Waals surface area contributed by atoms with Gasteiger partial charge < -0.3 is 21.8 Å². The first-order chi connectivity index (χ1) is 14.1. The van der Waals surface area contributed by atoms with Crippen LogP contribution in [0, 0.1) is 6.92 Å². The zero-order valence-corrected chi connectivity index (χ0v) is 16.3. The van der Waals surface area contributed by atoms with Crippen molar-refractivity contribution >= 4 is 29.1 Å². The van der Waals surface area contributed by atoms with E-state index in [0.717, 1.165) is 36.3 Å². The fourth-order valence-electron chi connectivity index (χ4n) is 3.55. The van der Waals surface area contributed by atoms with Gasteiger partial charge in [0.1, 0.15) is 12.2 Å². The summed E-state index contributed by atoms with van der Waals surface area (Å²) in [6, 6.07) is 14.3. The molecule has 29 heavy (non-hydrogen) atoms. The summed E-state index contributed by atoms with van der Waals surface area (Å²) in [5.74, 6) is 6.74. The van der Waals surface area contributed by atoms with Gasteiger partial charge in [-0.2, -0.15) is 10.1 Å². The number of benzene rings is 2. The predicted octanol–water partition coefficient (Wildman–Crippen LogP) is 2.78. The minimum Gasteiger partial charge on any atom is -0.385 e. The summed E-state index contributed by atoms with van der Waals surface area (Å²) < 4.78 is 0. The van der Waals surface area contributed by atoms with Gasteiger partial charge in [-0.15, -0.1) is 0 Å². The number of fused-ring (bicyclic) bond motifs is 1. The second-order valence-electron chi connectivity index (χ2n) is 7.12. The summed E-state index contributed by atoms with van der Waals surface area (Å²) in [7, 11) is 0. The van der Waals surface area contributed by atoms with Crippen LogP contribution in [0.4, 0.5) is 23.3 Å². The smallest absolute Gasteiger partial charge is 0.234 e. The molecule has 1 aromatic heterocycles. The number of aryl methyl sites for hydroxylation is 2. The number of nitrogens with two attached hydrogens (primary N) is 2. The molecule has 0 amide bonds. The lowest BCUT2D eigenvalue weighted by atomic mass is 10.00. The molecule has 148 valence electrons. The Morgan fingerprint density at radius 2 is 2.10 bits per heavy atom. The molecule has 4 rings (SSSR count). The SMILES string of the molecule is Cc1ccc2c(c1)CCCN2c1ncnc(Nc2cccc(C/C(N)=N/N)c2)n1. The normalized spacial score (nSPS) is 13.8. The zero-order valence-electron chi connectivity index (χ0n) is 16.3. The molecule has 0 fully saturated rings. The van der Waals surface area contributed by atoms with Crippen LogP contribution in [-0.2, 0) is 12.8 Å². The summed E-state index contributed by atoms with van der Waals surface area (Å²) >= 11 is 0. The lowest BCUT2D eigenvalue weighted by molar-refractivity contribution is 0.747. The van der Waals surface area contributed by atoms with E-state index < -0.39 is 0 Å². The van der Waals surface area contributed by atoms with E-state index in [4.69, 9.17) is 11.6 Å². The molecule has 5 N–H and O–H groups in total. The van der Waals surface area contributed by atoms with Crippen molar-refractivity contribution in [2.75, 3.05) is 16.8 Å². The van der Waals surface area contributed by atoms with E-state index in [1.165, 1.54) is 17.5 Å². The van der Waals surface area contributed by atoms with E-state index in [1.807, 2.05) is 24.3 Å². The van der Waals surface area contributed by atoms with Crippen LogP contribution < -0.4 is 21.8 Å². The number of aromatic nitrogens is 3. The summed E-state index contributed by atoms with van der Waals surface area (Å²) in [5.41, 5.74) is 11.3. The maximum absolute atomic E-state index is 5.72. The molecule has 0 bridgehead atoms. The van der Waals surface area contributed by atoms with Crippen molar-refractivity contribution in [2.45, 2.75) is 26.2 Å². The minimum atomic E-state index is 0.378. The van der Waals surface area contributed by atoms with Crippen molar-refractivity contribution in [1.82, 2.24) is 15.0 Å². The Balaban J connectivity index is 1.57. The molecule has 3 aromatic rings. The average Bonchev–Trinajstić information content (AvgIpc) is 2.73. The fraction of sp³-hybridized carbons (Fsp3) is 0.238. The highest BCUT2D eigenvalue weighted by molar-refractivity contribution is 5.82. The van der Waals surface area contributed by atoms with Gasteiger partial charge in [0.2, 0.25) is 11.9 Å². The minimum absolute atomic E-state index is 0.378. The Bertz CT molecular complexity index is 1050. The Morgan fingerprint density at radius 1 is 1.21 bits per heavy atom. The van der Waals surface area contributed by atoms with Gasteiger partial charge in [-0.1, -0.05) is 29.8 Å². The molecule has 2 heterocycles. The number of nitrogens with zero attached hydrogens (tertiary/aromatic N) is 5. The molecule has 1 aliphatic heterocycles. The lowest BCUT2D eigenvalue weighted by Gasteiger charge is -2.29. The molecule has 0 radical (unpaired) electrons. The molecule has 0 spiro atoms. The van der Waals surface area contributed by atoms with Crippen molar-refractivity contribution in [3.8, 4) is 0 Å². The van der Waals surface area contributed by atoms with E-state index in [0.29, 0.717) is 24.2 Å². The Kier molecular flexibility index (Phi) is 5.24. The summed E-state index contributed by atoms with van der Waals surface area (Å²) in [5, 5.41) is 6.77. The molecular weight excluding hydrogens is 364 g/mol. The molecule has 2 aromatic carbocycles. The Hall–Kier alpha value is -3.68. The zero-order chi connectivity index (χ0) is 20.2. The third kappa shape index (κ3) is 4.26. The maximum atomic E-state index is 5.72. The van der Waals surface area contributed by atoms with Gasteiger partial charge in [-0.25, -0.2) is 9.97 Å². The standard InChI is InChI=1S/C21H24N8/c1-14-7-8-18-16(10-14)5-3-9-29(18)21-25-13-24-20(27-21)26-17-6-2-4-15(11-17)12-19(22)28-23/h2,4,6-8,10-11,13H,3,5,9,12,23H2,1H3,(H2,22,28)(H,24,25,26,27). The topological polar surface area (TPSA) is 118 Å². The van der Waals surface area contributed by atoms with Crippen LogP contribution in [0.5, 0.6) is 0 Å². The van der Waals surface area contributed by atoms with Crippen LogP contribution >= 0.6 is 0 Å². The first-order valence-electron chi connectivity index (χ1n) is 9.56. The first-order valence-corrected chi connectivity index (χ1v) is 9.56. The number of nitrogens with one attached hydrogen (secondary N) is 1. The second-order valence-corrected chi connectivity index (χ2v) is 7.12. The van der Waals surface area contributed by atoms with E-state index in [-0.39, 0.29) is 0 Å². The van der Waals surface area contributed by atoms with Gasteiger partial charge in [0.15, 0.2) is 0 Å². The molecule has 0 saturated heterocycles. The van der Waals surface area contributed by atoms with Crippen molar-refractivity contribution in [3.63, 3.8) is 0 Å². The molecule has 8 nitrogen and oxygen atoms in total. The molecular formula is C21H24N8. The predicted molar refractivity (Wildman–Crippen MR) is 116 cm³/mol. The van der Waals surface area contributed by atoms with Gasteiger partial charge in [0.25, 0.3) is 0 Å². The van der Waals surface area contributed by atoms with Gasteiger partial charge in [-0.05, 0) is 49.1 Å². The van der Waals surface area contributed by atoms with Crippen molar-refractivity contribution in [3.05, 3.63) is 65.5 Å². The van der Waals surface area contributed by atoms with Crippen molar-refractivity contribution in [1.29, 1.82) is 0 Å². The van der Waals surface area contributed by atoms with Crippen molar-refractivity contribution < 1.29 is 0 Å². The molecule has 0 atom stereocenters. The van der Waals surface area contributed by atoms with Crippen LogP contribution in [0.3, 0.4) is 0 Å². The Labute approximate surface area is 169 Å². The number of hydrazone groups is 1. The fourth-order valence-corrected chi connectivity index (χ4v) is 3.55. The van der Waals surface area contributed by atoms with E-state index in [1.54, 1.807) is 0 Å². The molecule has 0 unspecified atom stereocenters. The lowest BCUT2D eigenvalue weighted by Crippen LogP contribution is -2.26. The molecule has 1 aliphatic rings. The highest BCUT2D eigenvalue weighted by Crippen LogP contribution is 2.32. The van der Waals surface area contributed by atoms with E-state index in [2.05, 4.69) is 55.4 Å². The number of hydrogen-bond acceptors (Lipinski definition) is 7. The number of anilines is 4. The monoisotopic (exact) mass is 388 g/mol. The number of amidine groups is 1. The second kappa shape index (κ2) is 8.14. The highest BCUT2D eigenvalue weighted by Gasteiger charge is 2.20. The van der Waals surface area contributed by atoms with E-state index in [9.17, 15) is 0 Å². The number of rotatable bonds is 5. The summed E-state index contributed by atoms with van der Waals surface area (Å²) in [6.07, 6.45) is 4.16. The Morgan fingerprint density at radius 3 is 2.97 bits per heavy atom. The van der Waals surface area contributed by atoms with Crippen LogP contribution in [0.15, 0.2) is 53.9 Å².